The van der Waals surface area contributed by atoms with Gasteiger partial charge >= 0.3 is 0 Å². The summed E-state index contributed by atoms with van der Waals surface area (Å²) < 4.78 is 24.6. The van der Waals surface area contributed by atoms with E-state index in [4.69, 9.17) is 0 Å². The van der Waals surface area contributed by atoms with Crippen LogP contribution in [0.2, 0.25) is 0 Å². The molecule has 1 aromatic heterocycles. The first-order valence-corrected chi connectivity index (χ1v) is 6.87. The zero-order valence-corrected chi connectivity index (χ0v) is 10.2. The molecule has 2 aromatic rings. The van der Waals surface area contributed by atoms with Crippen molar-refractivity contribution in [2.45, 2.75) is 5.03 Å². The first kappa shape index (κ1) is 10.9. The lowest BCUT2D eigenvalue weighted by Gasteiger charge is -2.12. The van der Waals surface area contributed by atoms with Gasteiger partial charge in [-0.25, -0.2) is 8.42 Å². The molecule has 1 aliphatic rings. The molecule has 0 aliphatic carbocycles. The van der Waals surface area contributed by atoms with Crippen LogP contribution in [0.3, 0.4) is 0 Å². The molecular formula is C12H11N3O2S. The van der Waals surface area contributed by atoms with Gasteiger partial charge in [-0.15, -0.1) is 0 Å². The van der Waals surface area contributed by atoms with Crippen LogP contribution >= 0.6 is 0 Å². The second-order valence-corrected chi connectivity index (χ2v) is 5.77. The molecule has 0 atom stereocenters. The molecule has 0 radical (unpaired) electrons. The van der Waals surface area contributed by atoms with Gasteiger partial charge < -0.3 is 10.4 Å². The maximum absolute atomic E-state index is 12.3. The highest BCUT2D eigenvalue weighted by atomic mass is 32.2. The first-order valence-electron chi connectivity index (χ1n) is 5.39. The number of para-hydroxylation sites is 1. The number of H-pyrrole nitrogens is 1. The number of fused-ring (bicyclic) bond motifs is 1. The quantitative estimate of drug-likeness (QED) is 0.764. The van der Waals surface area contributed by atoms with E-state index < -0.39 is 9.84 Å². The monoisotopic (exact) mass is 261 g/mol. The highest BCUT2D eigenvalue weighted by Gasteiger charge is 2.23. The summed E-state index contributed by atoms with van der Waals surface area (Å²) in [6, 6.07) is 9.07. The van der Waals surface area contributed by atoms with Gasteiger partial charge in [0, 0.05) is 17.1 Å². The van der Waals surface area contributed by atoms with Crippen molar-refractivity contribution in [3.05, 3.63) is 53.7 Å². The summed E-state index contributed by atoms with van der Waals surface area (Å²) in [5.41, 5.74) is 6.07. The van der Waals surface area contributed by atoms with Crippen LogP contribution in [-0.2, 0) is 9.84 Å². The van der Waals surface area contributed by atoms with Crippen LogP contribution in [0.15, 0.2) is 58.7 Å². The Kier molecular flexibility index (Phi) is 2.38. The molecule has 3 rings (SSSR count). The number of hydrogen-bond acceptors (Lipinski definition) is 4. The van der Waals surface area contributed by atoms with E-state index in [0.29, 0.717) is 0 Å². The smallest absolute Gasteiger partial charge is 0.238 e. The van der Waals surface area contributed by atoms with E-state index >= 15 is 0 Å². The minimum atomic E-state index is -3.54. The second-order valence-electron chi connectivity index (χ2n) is 3.88. The largest absolute Gasteiger partial charge is 0.345 e. The van der Waals surface area contributed by atoms with Gasteiger partial charge in [-0.3, -0.25) is 5.43 Å². The highest BCUT2D eigenvalue weighted by Crippen LogP contribution is 2.22. The molecule has 6 heteroatoms. The fourth-order valence-corrected chi connectivity index (χ4v) is 3.02. The summed E-state index contributed by atoms with van der Waals surface area (Å²) in [7, 11) is -3.54. The molecule has 0 spiro atoms. The van der Waals surface area contributed by atoms with E-state index in [1.165, 1.54) is 6.08 Å². The Morgan fingerprint density at radius 3 is 2.67 bits per heavy atom. The van der Waals surface area contributed by atoms with E-state index in [9.17, 15) is 8.42 Å². The summed E-state index contributed by atoms with van der Waals surface area (Å²) in [6.07, 6.45) is 4.76. The van der Waals surface area contributed by atoms with Gasteiger partial charge in [0.05, 0.1) is 0 Å². The molecule has 1 aromatic carbocycles. The number of aromatic nitrogens is 1. The van der Waals surface area contributed by atoms with Gasteiger partial charge in [0.15, 0.2) is 5.03 Å². The molecule has 0 fully saturated rings. The van der Waals surface area contributed by atoms with Crippen molar-refractivity contribution in [3.63, 3.8) is 0 Å². The van der Waals surface area contributed by atoms with Gasteiger partial charge in [-0.05, 0) is 24.3 Å². The van der Waals surface area contributed by atoms with E-state index in [1.54, 1.807) is 18.3 Å². The van der Waals surface area contributed by atoms with Gasteiger partial charge in [0.1, 0.15) is 5.03 Å². The number of hydrogen-bond donors (Lipinski definition) is 3. The number of nitrogens with one attached hydrogen (secondary N) is 3. The molecule has 3 N–H and O–H groups in total. The summed E-state index contributed by atoms with van der Waals surface area (Å²) in [4.78, 5) is 2.91. The van der Waals surface area contributed by atoms with Gasteiger partial charge in [0.25, 0.3) is 0 Å². The lowest BCUT2D eigenvalue weighted by Crippen LogP contribution is -2.32. The first-order chi connectivity index (χ1) is 8.68. The average Bonchev–Trinajstić information content (AvgIpc) is 2.84. The topological polar surface area (TPSA) is 74.0 Å². The normalized spacial score (nSPS) is 15.0. The SMILES string of the molecule is O=S(=O)(C1=CC=CNN1)c1cc2ccccc2[nH]1. The third-order valence-corrected chi connectivity index (χ3v) is 4.32. The lowest BCUT2D eigenvalue weighted by molar-refractivity contribution is 0.590. The van der Waals surface area contributed by atoms with Crippen molar-refractivity contribution in [2.24, 2.45) is 0 Å². The predicted octanol–water partition coefficient (Wildman–Crippen LogP) is 1.40. The Morgan fingerprint density at radius 2 is 1.94 bits per heavy atom. The van der Waals surface area contributed by atoms with Crippen LogP contribution in [-0.4, -0.2) is 13.4 Å². The fraction of sp³-hybridized carbons (Fsp3) is 0. The van der Waals surface area contributed by atoms with Crippen molar-refractivity contribution in [3.8, 4) is 0 Å². The number of sulfone groups is 1. The minimum absolute atomic E-state index is 0.122. The molecular weight excluding hydrogens is 250 g/mol. The molecule has 0 amide bonds. The maximum atomic E-state index is 12.3. The summed E-state index contributed by atoms with van der Waals surface area (Å²) in [5.74, 6) is 0. The van der Waals surface area contributed by atoms with Crippen molar-refractivity contribution >= 4 is 20.7 Å². The highest BCUT2D eigenvalue weighted by molar-refractivity contribution is 7.95. The number of rotatable bonds is 2. The number of benzene rings is 1. The molecule has 92 valence electrons. The summed E-state index contributed by atoms with van der Waals surface area (Å²) in [5, 5.41) is 1.17. The van der Waals surface area contributed by atoms with Crippen LogP contribution in [0, 0.1) is 0 Å². The third kappa shape index (κ3) is 1.67. The Bertz CT molecular complexity index is 723. The fourth-order valence-electron chi connectivity index (χ4n) is 1.80. The van der Waals surface area contributed by atoms with E-state index in [-0.39, 0.29) is 10.1 Å². The van der Waals surface area contributed by atoms with Crippen LogP contribution in [0.25, 0.3) is 10.9 Å². The van der Waals surface area contributed by atoms with E-state index in [1.807, 2.05) is 24.3 Å². The molecule has 0 saturated carbocycles. The van der Waals surface area contributed by atoms with E-state index in [0.717, 1.165) is 10.9 Å². The Hall–Kier alpha value is -2.21. The molecule has 0 saturated heterocycles. The van der Waals surface area contributed by atoms with E-state index in [2.05, 4.69) is 15.8 Å². The van der Waals surface area contributed by atoms with Crippen molar-refractivity contribution in [1.82, 2.24) is 15.8 Å². The van der Waals surface area contributed by atoms with Crippen LogP contribution in [0.4, 0.5) is 0 Å². The van der Waals surface area contributed by atoms with Crippen molar-refractivity contribution in [2.75, 3.05) is 0 Å². The van der Waals surface area contributed by atoms with Gasteiger partial charge in [0.2, 0.25) is 9.84 Å². The molecule has 0 unspecified atom stereocenters. The van der Waals surface area contributed by atoms with Crippen LogP contribution in [0.5, 0.6) is 0 Å². The lowest BCUT2D eigenvalue weighted by atomic mass is 10.3. The zero-order valence-electron chi connectivity index (χ0n) is 9.34. The molecule has 2 heterocycles. The Labute approximate surface area is 104 Å². The predicted molar refractivity (Wildman–Crippen MR) is 69.0 cm³/mol. The maximum Gasteiger partial charge on any atom is 0.238 e. The van der Waals surface area contributed by atoms with Gasteiger partial charge in [-0.2, -0.15) is 0 Å². The molecule has 18 heavy (non-hydrogen) atoms. The second kappa shape index (κ2) is 3.92. The number of hydrazine groups is 1. The minimum Gasteiger partial charge on any atom is -0.345 e. The average molecular weight is 261 g/mol. The third-order valence-electron chi connectivity index (χ3n) is 2.71. The summed E-state index contributed by atoms with van der Waals surface area (Å²) >= 11 is 0. The summed E-state index contributed by atoms with van der Waals surface area (Å²) in [6.45, 7) is 0. The standard InChI is InChI=1S/C12H11N3O2S/c16-18(17,11-6-3-7-13-15-11)12-8-9-4-1-2-5-10(9)14-12/h1-8,13-15H. The number of allylic oxidation sites excluding steroid dienone is 2. The Balaban J connectivity index is 2.13. The van der Waals surface area contributed by atoms with Gasteiger partial charge in [-0.1, -0.05) is 18.2 Å². The van der Waals surface area contributed by atoms with Crippen molar-refractivity contribution < 1.29 is 8.42 Å². The Morgan fingerprint density at radius 1 is 1.11 bits per heavy atom. The molecule has 5 nitrogen and oxygen atoms in total. The zero-order chi connectivity index (χ0) is 12.6. The van der Waals surface area contributed by atoms with Crippen molar-refractivity contribution in [1.29, 1.82) is 0 Å². The molecule has 0 bridgehead atoms. The van der Waals surface area contributed by atoms with Crippen LogP contribution < -0.4 is 10.9 Å². The molecule has 1 aliphatic heterocycles. The number of aromatic amines is 1. The van der Waals surface area contributed by atoms with Crippen LogP contribution in [0.1, 0.15) is 0 Å².